The molecule has 1 aromatic carbocycles. The minimum atomic E-state index is 0.117. The summed E-state index contributed by atoms with van der Waals surface area (Å²) in [5, 5.41) is 8.65. The number of amides is 1. The molecule has 0 radical (unpaired) electrons. The van der Waals surface area contributed by atoms with E-state index >= 15 is 0 Å². The number of anilines is 1. The second kappa shape index (κ2) is 8.64. The Morgan fingerprint density at radius 1 is 1.07 bits per heavy atom. The molecule has 3 aromatic rings. The standard InChI is InChI=1S/C21H27N7O2/c1-4-15(5-2)21(29)27-12-10-26(11-13-27)19-18-20(23-14-22-19)28(25-24-18)16-6-8-17(30-3)9-7-16/h6-9,14-15H,4-5,10-13H2,1-3H3. The molecule has 30 heavy (non-hydrogen) atoms. The van der Waals surface area contributed by atoms with E-state index in [1.807, 2.05) is 29.2 Å². The highest BCUT2D eigenvalue weighted by Gasteiger charge is 2.27. The van der Waals surface area contributed by atoms with Crippen LogP contribution in [0.3, 0.4) is 0 Å². The molecule has 0 unspecified atom stereocenters. The SMILES string of the molecule is CCC(CC)C(=O)N1CCN(c2ncnc3c2nnn3-c2ccc(OC)cc2)CC1. The number of aromatic nitrogens is 5. The Kier molecular flexibility index (Phi) is 5.78. The van der Waals surface area contributed by atoms with Crippen molar-refractivity contribution in [3.05, 3.63) is 30.6 Å². The van der Waals surface area contributed by atoms with Gasteiger partial charge < -0.3 is 14.5 Å². The number of rotatable bonds is 6. The topological polar surface area (TPSA) is 89.3 Å². The molecular formula is C21H27N7O2. The maximum absolute atomic E-state index is 12.7. The summed E-state index contributed by atoms with van der Waals surface area (Å²) in [4.78, 5) is 25.7. The van der Waals surface area contributed by atoms with Crippen LogP contribution in [0, 0.1) is 5.92 Å². The van der Waals surface area contributed by atoms with Crippen molar-refractivity contribution in [2.75, 3.05) is 38.2 Å². The summed E-state index contributed by atoms with van der Waals surface area (Å²) in [6.07, 6.45) is 3.32. The highest BCUT2D eigenvalue weighted by molar-refractivity contribution is 5.84. The number of nitrogens with zero attached hydrogens (tertiary/aromatic N) is 7. The molecule has 0 bridgehead atoms. The van der Waals surface area contributed by atoms with Crippen LogP contribution in [0.4, 0.5) is 5.82 Å². The molecule has 1 amide bonds. The summed E-state index contributed by atoms with van der Waals surface area (Å²) in [6.45, 7) is 6.96. The lowest BCUT2D eigenvalue weighted by Crippen LogP contribution is -2.50. The smallest absolute Gasteiger partial charge is 0.225 e. The molecule has 1 aliphatic rings. The van der Waals surface area contributed by atoms with Crippen LogP contribution in [-0.4, -0.2) is 69.1 Å². The third-order valence-corrected chi connectivity index (χ3v) is 5.76. The summed E-state index contributed by atoms with van der Waals surface area (Å²) in [5.41, 5.74) is 2.16. The Bertz CT molecular complexity index is 1010. The molecule has 0 N–H and O–H groups in total. The number of fused-ring (bicyclic) bond motifs is 1. The fourth-order valence-corrected chi connectivity index (χ4v) is 3.90. The monoisotopic (exact) mass is 409 g/mol. The molecule has 0 atom stereocenters. The van der Waals surface area contributed by atoms with E-state index in [0.29, 0.717) is 37.3 Å². The average molecular weight is 409 g/mol. The number of piperazine rings is 1. The third kappa shape index (κ3) is 3.67. The normalized spacial score (nSPS) is 14.5. The van der Waals surface area contributed by atoms with E-state index in [-0.39, 0.29) is 11.8 Å². The van der Waals surface area contributed by atoms with Gasteiger partial charge in [0.05, 0.1) is 12.8 Å². The Balaban J connectivity index is 1.54. The molecule has 4 rings (SSSR count). The first-order valence-electron chi connectivity index (χ1n) is 10.4. The molecule has 9 nitrogen and oxygen atoms in total. The molecule has 0 saturated carbocycles. The van der Waals surface area contributed by atoms with Crippen molar-refractivity contribution >= 4 is 22.9 Å². The summed E-state index contributed by atoms with van der Waals surface area (Å²) in [5.74, 6) is 1.92. The predicted molar refractivity (Wildman–Crippen MR) is 114 cm³/mol. The molecule has 2 aromatic heterocycles. The van der Waals surface area contributed by atoms with Crippen molar-refractivity contribution in [3.8, 4) is 11.4 Å². The van der Waals surface area contributed by atoms with Crippen molar-refractivity contribution in [3.63, 3.8) is 0 Å². The van der Waals surface area contributed by atoms with Gasteiger partial charge in [-0.3, -0.25) is 4.79 Å². The summed E-state index contributed by atoms with van der Waals surface area (Å²) in [6, 6.07) is 7.58. The van der Waals surface area contributed by atoms with Gasteiger partial charge in [-0.15, -0.1) is 5.10 Å². The Morgan fingerprint density at radius 3 is 2.40 bits per heavy atom. The lowest BCUT2D eigenvalue weighted by atomic mass is 10.0. The third-order valence-electron chi connectivity index (χ3n) is 5.76. The maximum atomic E-state index is 12.7. The van der Waals surface area contributed by atoms with E-state index in [0.717, 1.165) is 30.1 Å². The quantitative estimate of drug-likeness (QED) is 0.617. The van der Waals surface area contributed by atoms with E-state index in [9.17, 15) is 4.79 Å². The van der Waals surface area contributed by atoms with Crippen molar-refractivity contribution in [2.24, 2.45) is 5.92 Å². The van der Waals surface area contributed by atoms with Gasteiger partial charge in [-0.2, -0.15) is 4.68 Å². The van der Waals surface area contributed by atoms with Crippen LogP contribution in [0.25, 0.3) is 16.9 Å². The molecule has 158 valence electrons. The van der Waals surface area contributed by atoms with Crippen LogP contribution >= 0.6 is 0 Å². The van der Waals surface area contributed by atoms with E-state index in [1.165, 1.54) is 0 Å². The second-order valence-electron chi connectivity index (χ2n) is 7.39. The average Bonchev–Trinajstić information content (AvgIpc) is 3.24. The summed E-state index contributed by atoms with van der Waals surface area (Å²) >= 11 is 0. The van der Waals surface area contributed by atoms with Crippen molar-refractivity contribution in [1.82, 2.24) is 29.9 Å². The van der Waals surface area contributed by atoms with Crippen molar-refractivity contribution in [1.29, 1.82) is 0 Å². The summed E-state index contributed by atoms with van der Waals surface area (Å²) < 4.78 is 6.92. The fraction of sp³-hybridized carbons (Fsp3) is 0.476. The molecule has 9 heteroatoms. The van der Waals surface area contributed by atoms with Crippen LogP contribution in [0.1, 0.15) is 26.7 Å². The largest absolute Gasteiger partial charge is 0.497 e. The molecule has 1 saturated heterocycles. The molecule has 1 fully saturated rings. The van der Waals surface area contributed by atoms with Gasteiger partial charge in [0.2, 0.25) is 5.91 Å². The number of hydrogen-bond donors (Lipinski definition) is 0. The molecule has 0 aliphatic carbocycles. The molecule has 1 aliphatic heterocycles. The number of carbonyl (C=O) groups excluding carboxylic acids is 1. The van der Waals surface area contributed by atoms with Crippen molar-refractivity contribution in [2.45, 2.75) is 26.7 Å². The number of carbonyl (C=O) groups is 1. The van der Waals surface area contributed by atoms with E-state index in [1.54, 1.807) is 18.1 Å². The van der Waals surface area contributed by atoms with Crippen LogP contribution in [-0.2, 0) is 4.79 Å². The van der Waals surface area contributed by atoms with E-state index in [4.69, 9.17) is 4.74 Å². The lowest BCUT2D eigenvalue weighted by molar-refractivity contribution is -0.136. The molecule has 3 heterocycles. The van der Waals surface area contributed by atoms with Gasteiger partial charge in [-0.05, 0) is 37.1 Å². The van der Waals surface area contributed by atoms with Gasteiger partial charge >= 0.3 is 0 Å². The van der Waals surface area contributed by atoms with Crippen LogP contribution in [0.15, 0.2) is 30.6 Å². The van der Waals surface area contributed by atoms with Crippen LogP contribution in [0.5, 0.6) is 5.75 Å². The first-order valence-corrected chi connectivity index (χ1v) is 10.4. The van der Waals surface area contributed by atoms with Gasteiger partial charge in [0.1, 0.15) is 12.1 Å². The first-order chi connectivity index (χ1) is 14.7. The Labute approximate surface area is 175 Å². The van der Waals surface area contributed by atoms with Gasteiger partial charge in [0.25, 0.3) is 0 Å². The predicted octanol–water partition coefficient (Wildman–Crippen LogP) is 2.30. The molecule has 0 spiro atoms. The van der Waals surface area contributed by atoms with Crippen molar-refractivity contribution < 1.29 is 9.53 Å². The number of ether oxygens (including phenoxy) is 1. The van der Waals surface area contributed by atoms with Crippen LogP contribution in [0.2, 0.25) is 0 Å². The minimum Gasteiger partial charge on any atom is -0.497 e. The summed E-state index contributed by atoms with van der Waals surface area (Å²) in [7, 11) is 1.64. The number of methoxy groups -OCH3 is 1. The van der Waals surface area contributed by atoms with Gasteiger partial charge in [-0.1, -0.05) is 19.1 Å². The number of benzene rings is 1. The van der Waals surface area contributed by atoms with Gasteiger partial charge in [0, 0.05) is 32.1 Å². The first kappa shape index (κ1) is 20.1. The lowest BCUT2D eigenvalue weighted by Gasteiger charge is -2.36. The zero-order valence-corrected chi connectivity index (χ0v) is 17.7. The Hall–Kier alpha value is -3.23. The van der Waals surface area contributed by atoms with Crippen LogP contribution < -0.4 is 9.64 Å². The number of hydrogen-bond acceptors (Lipinski definition) is 7. The van der Waals surface area contributed by atoms with Gasteiger partial charge in [0.15, 0.2) is 17.0 Å². The fourth-order valence-electron chi connectivity index (χ4n) is 3.90. The highest BCUT2D eigenvalue weighted by Crippen LogP contribution is 2.25. The van der Waals surface area contributed by atoms with E-state index < -0.39 is 0 Å². The second-order valence-corrected chi connectivity index (χ2v) is 7.39. The Morgan fingerprint density at radius 2 is 1.77 bits per heavy atom. The highest BCUT2D eigenvalue weighted by atomic mass is 16.5. The maximum Gasteiger partial charge on any atom is 0.225 e. The molecular weight excluding hydrogens is 382 g/mol. The zero-order chi connectivity index (χ0) is 21.1. The van der Waals surface area contributed by atoms with Gasteiger partial charge in [-0.25, -0.2) is 9.97 Å². The minimum absolute atomic E-state index is 0.117. The van der Waals surface area contributed by atoms with E-state index in [2.05, 4.69) is 39.0 Å². The zero-order valence-electron chi connectivity index (χ0n) is 17.7.